The molecule has 1 fully saturated rings. The molecule has 0 radical (unpaired) electrons. The topological polar surface area (TPSA) is 67.8 Å². The number of methoxy groups -OCH3 is 1. The van der Waals surface area contributed by atoms with E-state index in [9.17, 15) is 9.90 Å². The number of phenolic OH excluding ortho intramolecular Hbond substituents is 1. The predicted molar refractivity (Wildman–Crippen MR) is 89.1 cm³/mol. The molecule has 1 saturated heterocycles. The van der Waals surface area contributed by atoms with Crippen LogP contribution in [0.2, 0.25) is 0 Å². The van der Waals surface area contributed by atoms with E-state index < -0.39 is 0 Å². The van der Waals surface area contributed by atoms with Crippen LogP contribution in [0.15, 0.2) is 42.5 Å². The van der Waals surface area contributed by atoms with Gasteiger partial charge in [0.1, 0.15) is 5.75 Å². The summed E-state index contributed by atoms with van der Waals surface area (Å²) in [6.07, 6.45) is 0.939. The van der Waals surface area contributed by atoms with Gasteiger partial charge in [0.05, 0.1) is 30.5 Å². The number of benzene rings is 2. The lowest BCUT2D eigenvalue weighted by molar-refractivity contribution is 0.0600. The number of carbonyl (C=O) groups is 1. The third-order valence-corrected chi connectivity index (χ3v) is 4.94. The molecule has 2 aromatic carbocycles. The van der Waals surface area contributed by atoms with Gasteiger partial charge in [-0.25, -0.2) is 4.79 Å². The molecule has 2 heterocycles. The number of anilines is 1. The van der Waals surface area contributed by atoms with Crippen molar-refractivity contribution in [2.24, 2.45) is 5.92 Å². The Morgan fingerprint density at radius 2 is 2.04 bits per heavy atom. The molecule has 0 unspecified atom stereocenters. The second-order valence-electron chi connectivity index (χ2n) is 6.22. The minimum absolute atomic E-state index is 0.0152. The van der Waals surface area contributed by atoms with Crippen molar-refractivity contribution in [2.45, 2.75) is 18.6 Å². The SMILES string of the molecule is COC(=O)c1ccc([C@H]2Nc3c(O)cccc3[C@@H]3OCC[C@H]23)cc1. The molecule has 2 aliphatic rings. The van der Waals surface area contributed by atoms with Gasteiger partial charge in [-0.05, 0) is 30.2 Å². The maximum Gasteiger partial charge on any atom is 0.337 e. The van der Waals surface area contributed by atoms with Crippen LogP contribution in [0.3, 0.4) is 0 Å². The first-order valence-electron chi connectivity index (χ1n) is 8.07. The van der Waals surface area contributed by atoms with E-state index in [2.05, 4.69) is 5.32 Å². The van der Waals surface area contributed by atoms with E-state index in [0.717, 1.165) is 23.2 Å². The van der Waals surface area contributed by atoms with Crippen LogP contribution in [0.25, 0.3) is 0 Å². The van der Waals surface area contributed by atoms with E-state index in [1.807, 2.05) is 24.3 Å². The summed E-state index contributed by atoms with van der Waals surface area (Å²) in [7, 11) is 1.37. The van der Waals surface area contributed by atoms with Crippen molar-refractivity contribution in [2.75, 3.05) is 19.0 Å². The fourth-order valence-corrected chi connectivity index (χ4v) is 3.76. The summed E-state index contributed by atoms with van der Waals surface area (Å²) in [6, 6.07) is 13.0. The maximum absolute atomic E-state index is 11.6. The number of fused-ring (bicyclic) bond motifs is 3. The van der Waals surface area contributed by atoms with E-state index in [4.69, 9.17) is 9.47 Å². The molecule has 0 aliphatic carbocycles. The Kier molecular flexibility index (Phi) is 3.65. The number of phenols is 1. The second kappa shape index (κ2) is 5.83. The van der Waals surface area contributed by atoms with Gasteiger partial charge in [0.2, 0.25) is 0 Å². The first-order chi connectivity index (χ1) is 11.7. The average molecular weight is 325 g/mol. The number of nitrogens with one attached hydrogen (secondary N) is 1. The number of hydrogen-bond donors (Lipinski definition) is 2. The van der Waals surface area contributed by atoms with E-state index in [1.165, 1.54) is 7.11 Å². The van der Waals surface area contributed by atoms with Crippen molar-refractivity contribution in [1.82, 2.24) is 0 Å². The Hall–Kier alpha value is -2.53. The molecule has 4 rings (SSSR count). The van der Waals surface area contributed by atoms with Crippen LogP contribution in [0.5, 0.6) is 5.75 Å². The Balaban J connectivity index is 1.71. The standard InChI is InChI=1S/C19H19NO4/c1-23-19(22)12-7-5-11(6-8-12)16-14-9-10-24-18(14)13-3-2-4-15(21)17(13)20-16/h2-8,14,16,18,20-21H,9-10H2,1H3/t14-,16-,18+/m1/s1. The smallest absolute Gasteiger partial charge is 0.337 e. The molecular formula is C19H19NO4. The van der Waals surface area contributed by atoms with Crippen LogP contribution in [0.1, 0.15) is 40.1 Å². The summed E-state index contributed by atoms with van der Waals surface area (Å²) in [5.41, 5.74) is 3.35. The zero-order valence-electron chi connectivity index (χ0n) is 13.4. The quantitative estimate of drug-likeness (QED) is 0.654. The first-order valence-corrected chi connectivity index (χ1v) is 8.07. The number of aromatic hydroxyl groups is 1. The number of para-hydroxylation sites is 1. The lowest BCUT2D eigenvalue weighted by Crippen LogP contribution is -2.29. The van der Waals surface area contributed by atoms with Gasteiger partial charge < -0.3 is 19.9 Å². The summed E-state index contributed by atoms with van der Waals surface area (Å²) < 4.78 is 10.7. The molecular weight excluding hydrogens is 306 g/mol. The van der Waals surface area contributed by atoms with Gasteiger partial charge >= 0.3 is 5.97 Å². The molecule has 5 nitrogen and oxygen atoms in total. The van der Waals surface area contributed by atoms with Crippen LogP contribution < -0.4 is 5.32 Å². The van der Waals surface area contributed by atoms with Gasteiger partial charge in [-0.1, -0.05) is 24.3 Å². The Labute approximate surface area is 140 Å². The van der Waals surface area contributed by atoms with Crippen molar-refractivity contribution in [3.63, 3.8) is 0 Å². The Morgan fingerprint density at radius 3 is 2.79 bits per heavy atom. The maximum atomic E-state index is 11.6. The normalized spacial score (nSPS) is 24.6. The van der Waals surface area contributed by atoms with E-state index in [0.29, 0.717) is 18.1 Å². The molecule has 124 valence electrons. The van der Waals surface area contributed by atoms with Crippen molar-refractivity contribution in [3.05, 3.63) is 59.2 Å². The van der Waals surface area contributed by atoms with Crippen molar-refractivity contribution in [1.29, 1.82) is 0 Å². The fraction of sp³-hybridized carbons (Fsp3) is 0.316. The Morgan fingerprint density at radius 1 is 1.25 bits per heavy atom. The minimum Gasteiger partial charge on any atom is -0.506 e. The summed E-state index contributed by atoms with van der Waals surface area (Å²) in [6.45, 7) is 0.711. The highest BCUT2D eigenvalue weighted by molar-refractivity contribution is 5.89. The van der Waals surface area contributed by atoms with Crippen LogP contribution in [-0.4, -0.2) is 24.8 Å². The number of rotatable bonds is 2. The number of ether oxygens (including phenoxy) is 2. The lowest BCUT2D eigenvalue weighted by Gasteiger charge is -2.36. The fourth-order valence-electron chi connectivity index (χ4n) is 3.76. The van der Waals surface area contributed by atoms with Crippen molar-refractivity contribution >= 4 is 11.7 Å². The van der Waals surface area contributed by atoms with Gasteiger partial charge in [0.15, 0.2) is 0 Å². The van der Waals surface area contributed by atoms with Gasteiger partial charge in [0, 0.05) is 18.1 Å². The third kappa shape index (κ3) is 2.32. The molecule has 5 heteroatoms. The average Bonchev–Trinajstić information content (AvgIpc) is 3.11. The van der Waals surface area contributed by atoms with Gasteiger partial charge in [0.25, 0.3) is 0 Å². The van der Waals surface area contributed by atoms with E-state index in [1.54, 1.807) is 18.2 Å². The molecule has 0 saturated carbocycles. The van der Waals surface area contributed by atoms with Gasteiger partial charge in [-0.3, -0.25) is 0 Å². The highest BCUT2D eigenvalue weighted by Gasteiger charge is 2.42. The van der Waals surface area contributed by atoms with E-state index >= 15 is 0 Å². The molecule has 0 aromatic heterocycles. The molecule has 3 atom stereocenters. The molecule has 2 aromatic rings. The van der Waals surface area contributed by atoms with Crippen LogP contribution in [-0.2, 0) is 9.47 Å². The summed E-state index contributed by atoms with van der Waals surface area (Å²) in [5.74, 6) is 0.184. The summed E-state index contributed by atoms with van der Waals surface area (Å²) >= 11 is 0. The van der Waals surface area contributed by atoms with Crippen molar-refractivity contribution in [3.8, 4) is 5.75 Å². The summed E-state index contributed by atoms with van der Waals surface area (Å²) in [4.78, 5) is 11.6. The molecule has 2 N–H and O–H groups in total. The number of esters is 1. The zero-order valence-corrected chi connectivity index (χ0v) is 13.4. The van der Waals surface area contributed by atoms with Gasteiger partial charge in [-0.2, -0.15) is 0 Å². The molecule has 2 aliphatic heterocycles. The van der Waals surface area contributed by atoms with Crippen LogP contribution in [0, 0.1) is 5.92 Å². The minimum atomic E-state index is -0.344. The van der Waals surface area contributed by atoms with Crippen molar-refractivity contribution < 1.29 is 19.4 Å². The highest BCUT2D eigenvalue weighted by Crippen LogP contribution is 2.51. The number of hydrogen-bond acceptors (Lipinski definition) is 5. The molecule has 0 spiro atoms. The van der Waals surface area contributed by atoms with Gasteiger partial charge in [-0.15, -0.1) is 0 Å². The second-order valence-corrected chi connectivity index (χ2v) is 6.22. The lowest BCUT2D eigenvalue weighted by atomic mass is 9.81. The highest BCUT2D eigenvalue weighted by atomic mass is 16.5. The zero-order chi connectivity index (χ0) is 16.7. The van der Waals surface area contributed by atoms with Crippen LogP contribution >= 0.6 is 0 Å². The van der Waals surface area contributed by atoms with Crippen LogP contribution in [0.4, 0.5) is 5.69 Å². The molecule has 0 amide bonds. The summed E-state index contributed by atoms with van der Waals surface area (Å²) in [5, 5.41) is 13.7. The molecule has 24 heavy (non-hydrogen) atoms. The number of carbonyl (C=O) groups excluding carboxylic acids is 1. The van der Waals surface area contributed by atoms with E-state index in [-0.39, 0.29) is 23.9 Å². The largest absolute Gasteiger partial charge is 0.506 e. The monoisotopic (exact) mass is 325 g/mol. The third-order valence-electron chi connectivity index (χ3n) is 4.94. The Bertz CT molecular complexity index is 771. The predicted octanol–water partition coefficient (Wildman–Crippen LogP) is 3.42. The molecule has 0 bridgehead atoms. The first kappa shape index (κ1) is 15.0.